The number of anilines is 1. The molecule has 1 aliphatic carbocycles. The Morgan fingerprint density at radius 2 is 2.00 bits per heavy atom. The Morgan fingerprint density at radius 1 is 1.19 bits per heavy atom. The Balaban J connectivity index is 1.44. The third-order valence-corrected chi connectivity index (χ3v) is 6.48. The number of hydrogen-bond acceptors (Lipinski definition) is 6. The quantitative estimate of drug-likeness (QED) is 0.672. The Labute approximate surface area is 185 Å². The number of halogens is 1. The van der Waals surface area contributed by atoms with Gasteiger partial charge in [-0.25, -0.2) is 9.97 Å². The van der Waals surface area contributed by atoms with Crippen LogP contribution in [0.25, 0.3) is 5.69 Å². The van der Waals surface area contributed by atoms with Gasteiger partial charge in [0.15, 0.2) is 5.69 Å². The third kappa shape index (κ3) is 3.76. The first-order valence-electron chi connectivity index (χ1n) is 10.5. The topological polar surface area (TPSA) is 88.8 Å². The molecule has 3 aromatic heterocycles. The maximum Gasteiger partial charge on any atom is 0.275 e. The minimum atomic E-state index is -0.0832. The normalized spacial score (nSPS) is 22.5. The highest BCUT2D eigenvalue weighted by Gasteiger charge is 2.44. The maximum absolute atomic E-state index is 13.7. The van der Waals surface area contributed by atoms with E-state index in [1.807, 2.05) is 36.9 Å². The molecule has 2 saturated heterocycles. The molecule has 1 amide bonds. The number of fused-ring (bicyclic) bond motifs is 3. The van der Waals surface area contributed by atoms with E-state index in [4.69, 9.17) is 11.6 Å². The largest absolute Gasteiger partial charge is 0.364 e. The molecule has 8 nitrogen and oxygen atoms in total. The predicted molar refractivity (Wildman–Crippen MR) is 117 cm³/mol. The van der Waals surface area contributed by atoms with Crippen LogP contribution in [0.15, 0.2) is 36.8 Å². The van der Waals surface area contributed by atoms with E-state index in [0.29, 0.717) is 28.1 Å². The number of hydrogen-bond donors (Lipinski definition) is 1. The van der Waals surface area contributed by atoms with Crippen LogP contribution in [0.1, 0.15) is 41.0 Å². The fourth-order valence-corrected chi connectivity index (χ4v) is 5.02. The molecule has 9 heteroatoms. The highest BCUT2D eigenvalue weighted by Crippen LogP contribution is 2.38. The van der Waals surface area contributed by atoms with Crippen molar-refractivity contribution < 1.29 is 4.79 Å². The van der Waals surface area contributed by atoms with E-state index in [1.165, 1.54) is 4.80 Å². The van der Waals surface area contributed by atoms with E-state index in [0.717, 1.165) is 37.1 Å². The van der Waals surface area contributed by atoms with Gasteiger partial charge >= 0.3 is 0 Å². The monoisotopic (exact) mass is 437 g/mol. The summed E-state index contributed by atoms with van der Waals surface area (Å²) in [4.78, 5) is 26.1. The van der Waals surface area contributed by atoms with Gasteiger partial charge in [-0.15, -0.1) is 4.80 Å². The molecular formula is C22H24ClN7O. The number of pyridine rings is 2. The van der Waals surface area contributed by atoms with E-state index in [-0.39, 0.29) is 18.0 Å². The van der Waals surface area contributed by atoms with Crippen molar-refractivity contribution in [3.05, 3.63) is 58.8 Å². The summed E-state index contributed by atoms with van der Waals surface area (Å²) in [6, 6.07) is 5.77. The van der Waals surface area contributed by atoms with Crippen LogP contribution in [0.3, 0.4) is 0 Å². The molecule has 3 fully saturated rings. The summed E-state index contributed by atoms with van der Waals surface area (Å²) >= 11 is 6.41. The molecule has 3 aromatic rings. The minimum absolute atomic E-state index is 0.0532. The summed E-state index contributed by atoms with van der Waals surface area (Å²) in [7, 11) is 0. The van der Waals surface area contributed by atoms with Crippen LogP contribution in [0.4, 0.5) is 5.82 Å². The number of nitrogens with one attached hydrogen (secondary N) is 1. The van der Waals surface area contributed by atoms with Crippen LogP contribution in [-0.2, 0) is 0 Å². The van der Waals surface area contributed by atoms with E-state index < -0.39 is 0 Å². The average Bonchev–Trinajstić information content (AvgIpc) is 3.30. The van der Waals surface area contributed by atoms with Crippen LogP contribution >= 0.6 is 11.6 Å². The zero-order valence-electron chi connectivity index (χ0n) is 17.5. The number of piperidine rings is 2. The lowest BCUT2D eigenvalue weighted by Crippen LogP contribution is -2.60. The van der Waals surface area contributed by atoms with Gasteiger partial charge in [0.1, 0.15) is 11.5 Å². The second-order valence-electron chi connectivity index (χ2n) is 8.44. The number of nitrogens with zero attached hydrogens (tertiary/aromatic N) is 6. The molecule has 3 aliphatic rings. The molecule has 1 N–H and O–H groups in total. The van der Waals surface area contributed by atoms with Gasteiger partial charge in [-0.2, -0.15) is 10.2 Å². The molecule has 1 saturated carbocycles. The van der Waals surface area contributed by atoms with Gasteiger partial charge in [0.2, 0.25) is 0 Å². The van der Waals surface area contributed by atoms with Gasteiger partial charge in [-0.05, 0) is 62.8 Å². The molecular weight excluding hydrogens is 414 g/mol. The first kappa shape index (κ1) is 19.9. The van der Waals surface area contributed by atoms with Crippen molar-refractivity contribution in [1.82, 2.24) is 29.9 Å². The number of aryl methyl sites for hydroxylation is 2. The number of carbonyl (C=O) groups is 1. The molecule has 160 valence electrons. The Bertz CT molecular complexity index is 1120. The zero-order valence-corrected chi connectivity index (χ0v) is 18.3. The van der Waals surface area contributed by atoms with Crippen LogP contribution in [0.5, 0.6) is 0 Å². The van der Waals surface area contributed by atoms with Crippen molar-refractivity contribution in [2.24, 2.45) is 5.92 Å². The molecule has 0 aromatic carbocycles. The van der Waals surface area contributed by atoms with Crippen molar-refractivity contribution in [2.45, 2.75) is 45.2 Å². The smallest absolute Gasteiger partial charge is 0.275 e. The van der Waals surface area contributed by atoms with E-state index in [2.05, 4.69) is 25.5 Å². The van der Waals surface area contributed by atoms with Gasteiger partial charge in [-0.3, -0.25) is 4.79 Å². The molecule has 31 heavy (non-hydrogen) atoms. The number of rotatable bonds is 4. The van der Waals surface area contributed by atoms with Gasteiger partial charge in [0.05, 0.1) is 23.5 Å². The zero-order chi connectivity index (χ0) is 21.5. The molecule has 6 rings (SSSR count). The first-order valence-corrected chi connectivity index (χ1v) is 10.9. The fourth-order valence-electron chi connectivity index (χ4n) is 4.74. The van der Waals surface area contributed by atoms with Gasteiger partial charge in [0.25, 0.3) is 5.91 Å². The van der Waals surface area contributed by atoms with Crippen molar-refractivity contribution in [2.75, 3.05) is 11.9 Å². The Kier molecular flexibility index (Phi) is 5.09. The fraction of sp³-hybridized carbons (Fsp3) is 0.409. The van der Waals surface area contributed by atoms with Crippen LogP contribution in [-0.4, -0.2) is 54.4 Å². The predicted octanol–water partition coefficient (Wildman–Crippen LogP) is 3.43. The Morgan fingerprint density at radius 3 is 2.74 bits per heavy atom. The summed E-state index contributed by atoms with van der Waals surface area (Å²) in [6.45, 7) is 4.58. The van der Waals surface area contributed by atoms with E-state index in [1.54, 1.807) is 18.6 Å². The number of carbonyl (C=O) groups excluding carboxylic acids is 1. The number of aromatic nitrogens is 5. The lowest BCUT2D eigenvalue weighted by molar-refractivity contribution is 0.0276. The van der Waals surface area contributed by atoms with Crippen molar-refractivity contribution in [3.63, 3.8) is 0 Å². The van der Waals surface area contributed by atoms with Crippen LogP contribution < -0.4 is 5.32 Å². The summed E-state index contributed by atoms with van der Waals surface area (Å²) in [5.74, 6) is 1.03. The highest BCUT2D eigenvalue weighted by atomic mass is 35.5. The summed E-state index contributed by atoms with van der Waals surface area (Å²) < 4.78 is 0. The summed E-state index contributed by atoms with van der Waals surface area (Å²) in [6.07, 6.45) is 8.05. The lowest BCUT2D eigenvalue weighted by atomic mass is 9.76. The molecule has 0 radical (unpaired) electrons. The molecule has 3 atom stereocenters. The SMILES string of the molecule is Cc1cnc(NC2CC3CCC2N(C(=O)c2nc(C)ccc2-n2nccn2)C3)c(Cl)c1. The first-order chi connectivity index (χ1) is 15.0. The van der Waals surface area contributed by atoms with E-state index >= 15 is 0 Å². The minimum Gasteiger partial charge on any atom is -0.364 e. The van der Waals surface area contributed by atoms with Gasteiger partial charge in [-0.1, -0.05) is 11.6 Å². The van der Waals surface area contributed by atoms with Crippen LogP contribution in [0.2, 0.25) is 5.02 Å². The van der Waals surface area contributed by atoms with Crippen LogP contribution in [0, 0.1) is 19.8 Å². The van der Waals surface area contributed by atoms with Gasteiger partial charge < -0.3 is 10.2 Å². The molecule has 3 unspecified atom stereocenters. The van der Waals surface area contributed by atoms with Crippen molar-refractivity contribution in [1.29, 1.82) is 0 Å². The second kappa shape index (κ2) is 7.92. The second-order valence-corrected chi connectivity index (χ2v) is 8.84. The molecule has 0 spiro atoms. The summed E-state index contributed by atoms with van der Waals surface area (Å²) in [5.41, 5.74) is 2.78. The standard InChI is InChI=1S/C22H24ClN7O/c1-13-9-16(23)21(24-11-13)28-17-10-15-4-6-18(17)29(12-15)22(31)20-19(5-3-14(2)27-20)30-25-7-8-26-30/h3,5,7-9,11,15,17-18H,4,6,10,12H2,1-2H3,(H,24,28). The van der Waals surface area contributed by atoms with E-state index in [9.17, 15) is 4.79 Å². The third-order valence-electron chi connectivity index (χ3n) is 6.19. The van der Waals surface area contributed by atoms with Crippen molar-refractivity contribution >= 4 is 23.3 Å². The molecule has 5 heterocycles. The molecule has 2 bridgehead atoms. The molecule has 2 aliphatic heterocycles. The maximum atomic E-state index is 13.7. The summed E-state index contributed by atoms with van der Waals surface area (Å²) in [5, 5.41) is 12.5. The number of amides is 1. The van der Waals surface area contributed by atoms with Crippen molar-refractivity contribution in [3.8, 4) is 5.69 Å². The highest BCUT2D eigenvalue weighted by molar-refractivity contribution is 6.32. The Hall–Kier alpha value is -3.00. The lowest BCUT2D eigenvalue weighted by Gasteiger charge is -2.50. The van der Waals surface area contributed by atoms with Gasteiger partial charge in [0, 0.05) is 24.5 Å². The average molecular weight is 438 g/mol.